The van der Waals surface area contributed by atoms with Gasteiger partial charge in [-0.05, 0) is 80.5 Å². The van der Waals surface area contributed by atoms with Gasteiger partial charge in [0, 0.05) is 36.7 Å². The molecule has 200 valence electrons. The van der Waals surface area contributed by atoms with E-state index in [9.17, 15) is 4.79 Å². The fourth-order valence-electron chi connectivity index (χ4n) is 5.20. The first kappa shape index (κ1) is 26.4. The molecule has 1 fully saturated rings. The van der Waals surface area contributed by atoms with Crippen molar-refractivity contribution in [2.75, 3.05) is 19.0 Å². The van der Waals surface area contributed by atoms with Crippen LogP contribution in [0.4, 0.5) is 5.69 Å². The van der Waals surface area contributed by atoms with Gasteiger partial charge in [0.1, 0.15) is 11.6 Å². The summed E-state index contributed by atoms with van der Waals surface area (Å²) in [7, 11) is 1.59. The van der Waals surface area contributed by atoms with Crippen molar-refractivity contribution in [3.63, 3.8) is 0 Å². The SMILES string of the molecule is COc1ccccc1NC(=O)CCN1C(=S)N[C@@H](c2ccccn2)[C@H]1c1cc(C)n(-c2ccc(C)cn2)c1C. The molecule has 1 aromatic carbocycles. The lowest BCUT2D eigenvalue weighted by Gasteiger charge is -2.28. The summed E-state index contributed by atoms with van der Waals surface area (Å²) in [5.74, 6) is 1.37. The average Bonchev–Trinajstić information content (AvgIpc) is 3.43. The predicted octanol–water partition coefficient (Wildman–Crippen LogP) is 5.20. The van der Waals surface area contributed by atoms with E-state index in [-0.39, 0.29) is 24.4 Å². The maximum Gasteiger partial charge on any atom is 0.226 e. The van der Waals surface area contributed by atoms with Crippen molar-refractivity contribution in [3.05, 3.63) is 101 Å². The van der Waals surface area contributed by atoms with Crippen molar-refractivity contribution in [2.24, 2.45) is 0 Å². The monoisotopic (exact) mass is 540 g/mol. The molecule has 1 saturated heterocycles. The van der Waals surface area contributed by atoms with E-state index in [2.05, 4.69) is 56.0 Å². The molecule has 8 nitrogen and oxygen atoms in total. The first-order chi connectivity index (χ1) is 18.9. The van der Waals surface area contributed by atoms with Crippen LogP contribution in [0.3, 0.4) is 0 Å². The topological polar surface area (TPSA) is 84.3 Å². The summed E-state index contributed by atoms with van der Waals surface area (Å²) >= 11 is 5.82. The zero-order chi connectivity index (χ0) is 27.5. The van der Waals surface area contributed by atoms with Gasteiger partial charge in [0.05, 0.1) is 30.6 Å². The number of anilines is 1. The molecule has 0 aliphatic carbocycles. The third-order valence-corrected chi connectivity index (χ3v) is 7.42. The van der Waals surface area contributed by atoms with E-state index in [0.29, 0.717) is 23.1 Å². The number of methoxy groups -OCH3 is 1. The van der Waals surface area contributed by atoms with Gasteiger partial charge in [-0.25, -0.2) is 4.98 Å². The van der Waals surface area contributed by atoms with Crippen molar-refractivity contribution in [1.82, 2.24) is 24.8 Å². The first-order valence-corrected chi connectivity index (χ1v) is 13.3. The van der Waals surface area contributed by atoms with Crippen LogP contribution < -0.4 is 15.4 Å². The standard InChI is InChI=1S/C30H32N6O2S/c1-19-12-13-26(32-18-19)36-20(2)17-22(21(36)3)29-28(24-10-7-8-15-31-24)34-30(39)35(29)16-14-27(37)33-23-9-5-6-11-25(23)38-4/h5-13,15,17-18,28-29H,14,16H2,1-4H3,(H,33,37)(H,34,39)/t28-,29+/m0/s1. The molecular weight excluding hydrogens is 508 g/mol. The van der Waals surface area contributed by atoms with Crippen LogP contribution in [0.1, 0.15) is 46.7 Å². The summed E-state index contributed by atoms with van der Waals surface area (Å²) in [5, 5.41) is 7.05. The molecule has 2 N–H and O–H groups in total. The summed E-state index contributed by atoms with van der Waals surface area (Å²) in [6.07, 6.45) is 3.92. The predicted molar refractivity (Wildman–Crippen MR) is 156 cm³/mol. The number of hydrogen-bond acceptors (Lipinski definition) is 5. The second-order valence-electron chi connectivity index (χ2n) is 9.67. The van der Waals surface area contributed by atoms with Crippen molar-refractivity contribution in [1.29, 1.82) is 0 Å². The van der Waals surface area contributed by atoms with Crippen molar-refractivity contribution < 1.29 is 9.53 Å². The highest BCUT2D eigenvalue weighted by molar-refractivity contribution is 7.80. The average molecular weight is 541 g/mol. The van der Waals surface area contributed by atoms with Crippen LogP contribution in [0.2, 0.25) is 0 Å². The van der Waals surface area contributed by atoms with Crippen LogP contribution in [0.25, 0.3) is 5.82 Å². The zero-order valence-corrected chi connectivity index (χ0v) is 23.3. The number of aromatic nitrogens is 3. The van der Waals surface area contributed by atoms with Gasteiger partial charge < -0.3 is 24.8 Å². The Morgan fingerprint density at radius 1 is 1.08 bits per heavy atom. The molecule has 1 aliphatic rings. The minimum absolute atomic E-state index is 0.114. The smallest absolute Gasteiger partial charge is 0.226 e. The van der Waals surface area contributed by atoms with Crippen LogP contribution in [0.5, 0.6) is 5.75 Å². The number of rotatable bonds is 8. The number of para-hydroxylation sites is 2. The van der Waals surface area contributed by atoms with Gasteiger partial charge in [0.25, 0.3) is 0 Å². The lowest BCUT2D eigenvalue weighted by Crippen LogP contribution is -2.33. The summed E-state index contributed by atoms with van der Waals surface area (Å²) in [6, 6.07) is 19.2. The molecule has 0 spiro atoms. The first-order valence-electron chi connectivity index (χ1n) is 12.9. The van der Waals surface area contributed by atoms with Crippen LogP contribution in [0.15, 0.2) is 73.1 Å². The lowest BCUT2D eigenvalue weighted by molar-refractivity contribution is -0.116. The Morgan fingerprint density at radius 2 is 1.87 bits per heavy atom. The summed E-state index contributed by atoms with van der Waals surface area (Å²) in [6.45, 7) is 6.65. The lowest BCUT2D eigenvalue weighted by atomic mass is 9.96. The molecule has 39 heavy (non-hydrogen) atoms. The molecule has 2 atom stereocenters. The van der Waals surface area contributed by atoms with E-state index in [0.717, 1.165) is 34.0 Å². The number of aryl methyl sites for hydroxylation is 2. The fraction of sp³-hybridized carbons (Fsp3) is 0.267. The molecule has 0 bridgehead atoms. The van der Waals surface area contributed by atoms with Gasteiger partial charge in [-0.2, -0.15) is 0 Å². The van der Waals surface area contributed by atoms with Gasteiger partial charge in [-0.3, -0.25) is 9.78 Å². The third-order valence-electron chi connectivity index (χ3n) is 7.07. The molecule has 5 rings (SSSR count). The van der Waals surface area contributed by atoms with Gasteiger partial charge >= 0.3 is 0 Å². The van der Waals surface area contributed by atoms with Crippen LogP contribution >= 0.6 is 12.2 Å². The second-order valence-corrected chi connectivity index (χ2v) is 10.1. The molecule has 4 aromatic rings. The highest BCUT2D eigenvalue weighted by Gasteiger charge is 2.41. The Morgan fingerprint density at radius 3 is 2.59 bits per heavy atom. The number of ether oxygens (including phenoxy) is 1. The minimum Gasteiger partial charge on any atom is -0.495 e. The normalized spacial score (nSPS) is 16.7. The maximum atomic E-state index is 13.0. The van der Waals surface area contributed by atoms with Crippen molar-refractivity contribution >= 4 is 28.9 Å². The highest BCUT2D eigenvalue weighted by atomic mass is 32.1. The Labute approximate surface area is 234 Å². The Hall–Kier alpha value is -4.24. The summed E-state index contributed by atoms with van der Waals surface area (Å²) in [5.41, 5.74) is 5.91. The van der Waals surface area contributed by atoms with E-state index in [1.54, 1.807) is 13.3 Å². The van der Waals surface area contributed by atoms with E-state index in [4.69, 9.17) is 17.0 Å². The second kappa shape index (κ2) is 11.2. The van der Waals surface area contributed by atoms with Crippen LogP contribution in [0, 0.1) is 20.8 Å². The molecule has 0 saturated carbocycles. The number of benzene rings is 1. The molecular formula is C30H32N6O2S. The quantitative estimate of drug-likeness (QED) is 0.297. The van der Waals surface area contributed by atoms with Crippen LogP contribution in [-0.2, 0) is 4.79 Å². The van der Waals surface area contributed by atoms with Gasteiger partial charge in [-0.1, -0.05) is 24.3 Å². The van der Waals surface area contributed by atoms with Gasteiger partial charge in [0.2, 0.25) is 5.91 Å². The fourth-order valence-corrected chi connectivity index (χ4v) is 5.53. The molecule has 1 aliphatic heterocycles. The number of hydrogen-bond donors (Lipinski definition) is 2. The number of nitrogens with zero attached hydrogens (tertiary/aromatic N) is 4. The molecule has 9 heteroatoms. The molecule has 3 aromatic heterocycles. The van der Waals surface area contributed by atoms with E-state index in [1.807, 2.05) is 61.7 Å². The molecule has 0 unspecified atom stereocenters. The highest BCUT2D eigenvalue weighted by Crippen LogP contribution is 2.41. The summed E-state index contributed by atoms with van der Waals surface area (Å²) < 4.78 is 7.54. The summed E-state index contributed by atoms with van der Waals surface area (Å²) in [4.78, 5) is 24.4. The Kier molecular flexibility index (Phi) is 7.60. The number of thiocarbonyl (C=S) groups is 1. The number of pyridine rings is 2. The number of carbonyl (C=O) groups is 1. The van der Waals surface area contributed by atoms with E-state index in [1.165, 1.54) is 0 Å². The number of nitrogens with one attached hydrogen (secondary N) is 2. The zero-order valence-electron chi connectivity index (χ0n) is 22.5. The molecule has 0 radical (unpaired) electrons. The van der Waals surface area contributed by atoms with Crippen molar-refractivity contribution in [2.45, 2.75) is 39.3 Å². The number of amides is 1. The van der Waals surface area contributed by atoms with Crippen LogP contribution in [-0.4, -0.2) is 44.1 Å². The maximum absolute atomic E-state index is 13.0. The third kappa shape index (κ3) is 5.35. The Bertz CT molecular complexity index is 1490. The van der Waals surface area contributed by atoms with E-state index >= 15 is 0 Å². The largest absolute Gasteiger partial charge is 0.495 e. The van der Waals surface area contributed by atoms with Crippen molar-refractivity contribution in [3.8, 4) is 11.6 Å². The Balaban J connectivity index is 1.46. The molecule has 4 heterocycles. The molecule has 1 amide bonds. The van der Waals surface area contributed by atoms with E-state index < -0.39 is 0 Å². The van der Waals surface area contributed by atoms with Gasteiger partial charge in [-0.15, -0.1) is 0 Å². The minimum atomic E-state index is -0.170. The number of carbonyl (C=O) groups excluding carboxylic acids is 1. The van der Waals surface area contributed by atoms with Gasteiger partial charge in [0.15, 0.2) is 5.11 Å².